The highest BCUT2D eigenvalue weighted by molar-refractivity contribution is 7.92. The highest BCUT2D eigenvalue weighted by Gasteiger charge is 2.17. The molecule has 7 nitrogen and oxygen atoms in total. The molecule has 0 fully saturated rings. The zero-order chi connectivity index (χ0) is 23.6. The van der Waals surface area contributed by atoms with Crippen molar-refractivity contribution in [3.63, 3.8) is 0 Å². The molecule has 4 aromatic rings. The zero-order valence-electron chi connectivity index (χ0n) is 17.9. The molecule has 0 unspecified atom stereocenters. The third kappa shape index (κ3) is 5.08. The van der Waals surface area contributed by atoms with Crippen LogP contribution in [-0.4, -0.2) is 24.1 Å². The Hall–Kier alpha value is -3.62. The maximum absolute atomic E-state index is 12.8. The number of benzene rings is 3. The van der Waals surface area contributed by atoms with Crippen LogP contribution in [0.1, 0.15) is 21.5 Å². The van der Waals surface area contributed by atoms with E-state index in [9.17, 15) is 13.2 Å². The number of nitrogens with zero attached hydrogens (tertiary/aromatic N) is 2. The summed E-state index contributed by atoms with van der Waals surface area (Å²) in [6, 6.07) is 18.6. The van der Waals surface area contributed by atoms with Crippen LogP contribution in [-0.2, 0) is 10.0 Å². The molecule has 0 saturated heterocycles. The number of aryl methyl sites for hydroxylation is 2. The third-order valence-corrected chi connectivity index (χ3v) is 6.66. The van der Waals surface area contributed by atoms with E-state index in [1.54, 1.807) is 41.2 Å². The van der Waals surface area contributed by atoms with Crippen molar-refractivity contribution in [2.24, 2.45) is 0 Å². The van der Waals surface area contributed by atoms with Gasteiger partial charge in [0.15, 0.2) is 0 Å². The van der Waals surface area contributed by atoms with Crippen LogP contribution >= 0.6 is 11.6 Å². The molecule has 0 bridgehead atoms. The van der Waals surface area contributed by atoms with Crippen molar-refractivity contribution in [3.05, 3.63) is 101 Å². The molecule has 0 saturated carbocycles. The van der Waals surface area contributed by atoms with E-state index in [1.165, 1.54) is 18.3 Å². The van der Waals surface area contributed by atoms with Crippen molar-refractivity contribution in [1.29, 1.82) is 0 Å². The zero-order valence-corrected chi connectivity index (χ0v) is 19.5. The minimum atomic E-state index is -3.77. The van der Waals surface area contributed by atoms with Crippen LogP contribution in [0, 0.1) is 13.8 Å². The van der Waals surface area contributed by atoms with Crippen LogP contribution in [0.25, 0.3) is 5.69 Å². The van der Waals surface area contributed by atoms with Gasteiger partial charge in [-0.25, -0.2) is 13.1 Å². The number of carbonyl (C=O) groups is 1. The molecule has 33 heavy (non-hydrogen) atoms. The maximum atomic E-state index is 12.8. The largest absolute Gasteiger partial charge is 0.322 e. The average molecular weight is 481 g/mol. The summed E-state index contributed by atoms with van der Waals surface area (Å²) in [5.41, 5.74) is 3.77. The van der Waals surface area contributed by atoms with Gasteiger partial charge in [0.2, 0.25) is 0 Å². The number of para-hydroxylation sites is 1. The van der Waals surface area contributed by atoms with Gasteiger partial charge in [-0.1, -0.05) is 35.9 Å². The lowest BCUT2D eigenvalue weighted by molar-refractivity contribution is 0.102. The number of halogens is 1. The first-order chi connectivity index (χ1) is 15.7. The van der Waals surface area contributed by atoms with Gasteiger partial charge in [0.1, 0.15) is 0 Å². The van der Waals surface area contributed by atoms with E-state index in [1.807, 2.05) is 38.1 Å². The molecule has 0 aliphatic rings. The second kappa shape index (κ2) is 9.09. The molecule has 0 aliphatic carbocycles. The number of hydrogen-bond donors (Lipinski definition) is 2. The topological polar surface area (TPSA) is 93.1 Å². The van der Waals surface area contributed by atoms with E-state index in [0.29, 0.717) is 22.0 Å². The van der Waals surface area contributed by atoms with Crippen LogP contribution in [0.2, 0.25) is 5.02 Å². The standard InChI is InChI=1S/C24H21ClN4O3S/c1-16-5-3-6-17(2)23(16)28-33(31,32)22-11-9-20(10-12-22)27-24(30)18-14-26-29(15-18)21-8-4-7-19(25)13-21/h3-15,28H,1-2H3,(H,27,30). The number of anilines is 2. The molecule has 0 radical (unpaired) electrons. The van der Waals surface area contributed by atoms with Crippen LogP contribution in [0.4, 0.5) is 11.4 Å². The summed E-state index contributed by atoms with van der Waals surface area (Å²) in [4.78, 5) is 12.7. The summed E-state index contributed by atoms with van der Waals surface area (Å²) < 4.78 is 29.8. The number of aromatic nitrogens is 2. The molecule has 1 heterocycles. The highest BCUT2D eigenvalue weighted by atomic mass is 35.5. The van der Waals surface area contributed by atoms with Gasteiger partial charge in [-0.15, -0.1) is 0 Å². The summed E-state index contributed by atoms with van der Waals surface area (Å²) in [5.74, 6) is -0.368. The first-order valence-electron chi connectivity index (χ1n) is 10.0. The lowest BCUT2D eigenvalue weighted by atomic mass is 10.1. The first kappa shape index (κ1) is 22.6. The first-order valence-corrected chi connectivity index (χ1v) is 11.9. The van der Waals surface area contributed by atoms with Gasteiger partial charge in [0.05, 0.1) is 28.0 Å². The maximum Gasteiger partial charge on any atom is 0.261 e. The van der Waals surface area contributed by atoms with E-state index >= 15 is 0 Å². The average Bonchev–Trinajstić information content (AvgIpc) is 3.27. The van der Waals surface area contributed by atoms with Gasteiger partial charge in [0.25, 0.3) is 15.9 Å². The second-order valence-corrected chi connectivity index (χ2v) is 9.62. The molecular weight excluding hydrogens is 460 g/mol. The number of hydrogen-bond acceptors (Lipinski definition) is 4. The Morgan fingerprint density at radius 3 is 2.30 bits per heavy atom. The van der Waals surface area contributed by atoms with Crippen LogP contribution < -0.4 is 10.0 Å². The third-order valence-electron chi connectivity index (χ3n) is 5.06. The summed E-state index contributed by atoms with van der Waals surface area (Å²) in [6.45, 7) is 3.69. The van der Waals surface area contributed by atoms with E-state index in [2.05, 4.69) is 15.1 Å². The smallest absolute Gasteiger partial charge is 0.261 e. The van der Waals surface area contributed by atoms with Crippen molar-refractivity contribution < 1.29 is 13.2 Å². The Kier molecular flexibility index (Phi) is 6.22. The summed E-state index contributed by atoms with van der Waals surface area (Å²) in [5, 5.41) is 7.51. The van der Waals surface area contributed by atoms with Crippen molar-refractivity contribution in [2.75, 3.05) is 10.0 Å². The number of amides is 1. The predicted octanol–water partition coefficient (Wildman–Crippen LogP) is 5.20. The van der Waals surface area contributed by atoms with E-state index < -0.39 is 10.0 Å². The molecule has 1 aromatic heterocycles. The fraction of sp³-hybridized carbons (Fsp3) is 0.0833. The number of nitrogens with one attached hydrogen (secondary N) is 2. The van der Waals surface area contributed by atoms with Crippen LogP contribution in [0.3, 0.4) is 0 Å². The molecule has 1 amide bonds. The molecule has 0 atom stereocenters. The van der Waals surface area contributed by atoms with Gasteiger partial charge < -0.3 is 5.32 Å². The monoisotopic (exact) mass is 480 g/mol. The molecular formula is C24H21ClN4O3S. The Morgan fingerprint density at radius 1 is 0.970 bits per heavy atom. The van der Waals surface area contributed by atoms with Crippen molar-refractivity contribution >= 4 is 38.9 Å². The van der Waals surface area contributed by atoms with Gasteiger partial charge in [-0.2, -0.15) is 5.10 Å². The van der Waals surface area contributed by atoms with Gasteiger partial charge in [-0.05, 0) is 67.4 Å². The minimum Gasteiger partial charge on any atom is -0.322 e. The number of rotatable bonds is 6. The minimum absolute atomic E-state index is 0.0944. The van der Waals surface area contributed by atoms with Gasteiger partial charge in [0, 0.05) is 16.9 Å². The fourth-order valence-electron chi connectivity index (χ4n) is 3.29. The summed E-state index contributed by atoms with van der Waals surface area (Å²) in [6.07, 6.45) is 3.04. The second-order valence-electron chi connectivity index (χ2n) is 7.50. The van der Waals surface area contributed by atoms with E-state index in [4.69, 9.17) is 11.6 Å². The van der Waals surface area contributed by atoms with Gasteiger partial charge >= 0.3 is 0 Å². The molecule has 3 aromatic carbocycles. The van der Waals surface area contributed by atoms with Crippen LogP contribution in [0.5, 0.6) is 0 Å². The van der Waals surface area contributed by atoms with Gasteiger partial charge in [-0.3, -0.25) is 9.52 Å². The molecule has 168 valence electrons. The molecule has 2 N–H and O–H groups in total. The number of carbonyl (C=O) groups excluding carboxylic acids is 1. The molecule has 9 heteroatoms. The molecule has 0 spiro atoms. The fourth-order valence-corrected chi connectivity index (χ4v) is 4.68. The lowest BCUT2D eigenvalue weighted by Crippen LogP contribution is -2.15. The number of sulfonamides is 1. The summed E-state index contributed by atoms with van der Waals surface area (Å²) >= 11 is 6.01. The van der Waals surface area contributed by atoms with Crippen molar-refractivity contribution in [2.45, 2.75) is 18.7 Å². The van der Waals surface area contributed by atoms with Crippen molar-refractivity contribution in [1.82, 2.24) is 9.78 Å². The van der Waals surface area contributed by atoms with E-state index in [-0.39, 0.29) is 10.8 Å². The predicted molar refractivity (Wildman–Crippen MR) is 130 cm³/mol. The molecule has 4 rings (SSSR count). The quantitative estimate of drug-likeness (QED) is 0.397. The normalized spacial score (nSPS) is 11.2. The van der Waals surface area contributed by atoms with E-state index in [0.717, 1.165) is 16.8 Å². The highest BCUT2D eigenvalue weighted by Crippen LogP contribution is 2.24. The van der Waals surface area contributed by atoms with Crippen LogP contribution in [0.15, 0.2) is 84.0 Å². The molecule has 0 aliphatic heterocycles. The Bertz CT molecular complexity index is 1410. The summed E-state index contributed by atoms with van der Waals surface area (Å²) in [7, 11) is -3.77. The lowest BCUT2D eigenvalue weighted by Gasteiger charge is -2.13. The Balaban J connectivity index is 1.47. The van der Waals surface area contributed by atoms with Crippen molar-refractivity contribution in [3.8, 4) is 5.69 Å². The Labute approximate surface area is 197 Å². The Morgan fingerprint density at radius 2 is 1.64 bits per heavy atom. The SMILES string of the molecule is Cc1cccc(C)c1NS(=O)(=O)c1ccc(NC(=O)c2cnn(-c3cccc(Cl)c3)c2)cc1.